The summed E-state index contributed by atoms with van der Waals surface area (Å²) in [4.78, 5) is 27.0. The SMILES string of the molecule is CC(C)C[C@H](N)C(=O)N[C@@H](Cc1c[nH]c2ccccc12)C(N)=O. The lowest BCUT2D eigenvalue weighted by molar-refractivity contribution is -0.128. The molecule has 0 unspecified atom stereocenters. The van der Waals surface area contributed by atoms with Crippen molar-refractivity contribution in [2.75, 3.05) is 0 Å². The Kier molecular flexibility index (Phi) is 5.39. The van der Waals surface area contributed by atoms with E-state index in [1.165, 1.54) is 0 Å². The van der Waals surface area contributed by atoms with Gasteiger partial charge in [0.25, 0.3) is 0 Å². The average molecular weight is 316 g/mol. The van der Waals surface area contributed by atoms with E-state index in [0.29, 0.717) is 18.8 Å². The zero-order valence-electron chi connectivity index (χ0n) is 13.5. The van der Waals surface area contributed by atoms with Crippen LogP contribution in [-0.4, -0.2) is 28.9 Å². The predicted molar refractivity (Wildman–Crippen MR) is 90.6 cm³/mol. The third-order valence-corrected chi connectivity index (χ3v) is 3.82. The van der Waals surface area contributed by atoms with Crippen LogP contribution in [0.4, 0.5) is 0 Å². The van der Waals surface area contributed by atoms with Crippen molar-refractivity contribution in [3.05, 3.63) is 36.0 Å². The van der Waals surface area contributed by atoms with E-state index in [0.717, 1.165) is 16.5 Å². The molecule has 0 saturated heterocycles. The van der Waals surface area contributed by atoms with Crippen LogP contribution < -0.4 is 16.8 Å². The molecule has 0 saturated carbocycles. The lowest BCUT2D eigenvalue weighted by Crippen LogP contribution is -2.51. The molecular formula is C17H24N4O2. The molecule has 6 N–H and O–H groups in total. The summed E-state index contributed by atoms with van der Waals surface area (Å²) in [6.07, 6.45) is 2.73. The Morgan fingerprint density at radius 2 is 1.96 bits per heavy atom. The molecule has 1 heterocycles. The molecule has 0 fully saturated rings. The van der Waals surface area contributed by atoms with E-state index in [4.69, 9.17) is 11.5 Å². The number of carbonyl (C=O) groups is 2. The zero-order chi connectivity index (χ0) is 17.0. The molecule has 0 aliphatic rings. The third-order valence-electron chi connectivity index (χ3n) is 3.82. The fraction of sp³-hybridized carbons (Fsp3) is 0.412. The van der Waals surface area contributed by atoms with Gasteiger partial charge >= 0.3 is 0 Å². The van der Waals surface area contributed by atoms with Gasteiger partial charge in [0, 0.05) is 23.5 Å². The Hall–Kier alpha value is -2.34. The van der Waals surface area contributed by atoms with Crippen LogP contribution in [0.15, 0.2) is 30.5 Å². The van der Waals surface area contributed by atoms with Crippen molar-refractivity contribution < 1.29 is 9.59 Å². The van der Waals surface area contributed by atoms with E-state index in [1.54, 1.807) is 0 Å². The standard InChI is InChI=1S/C17H24N4O2/c1-10(2)7-13(18)17(23)21-15(16(19)22)8-11-9-20-14-6-4-3-5-12(11)14/h3-6,9-10,13,15,20H,7-8,18H2,1-2H3,(H2,19,22)(H,21,23)/t13-,15-/m0/s1. The van der Waals surface area contributed by atoms with Crippen LogP contribution in [0.1, 0.15) is 25.8 Å². The minimum Gasteiger partial charge on any atom is -0.368 e. The molecule has 0 radical (unpaired) electrons. The van der Waals surface area contributed by atoms with Gasteiger partial charge in [-0.1, -0.05) is 32.0 Å². The van der Waals surface area contributed by atoms with Gasteiger partial charge in [-0.2, -0.15) is 0 Å². The minimum absolute atomic E-state index is 0.302. The van der Waals surface area contributed by atoms with Crippen molar-refractivity contribution >= 4 is 22.7 Å². The number of nitrogens with one attached hydrogen (secondary N) is 2. The molecule has 124 valence electrons. The number of carbonyl (C=O) groups excluding carboxylic acids is 2. The van der Waals surface area contributed by atoms with Crippen LogP contribution in [-0.2, 0) is 16.0 Å². The number of nitrogens with two attached hydrogens (primary N) is 2. The second-order valence-electron chi connectivity index (χ2n) is 6.26. The van der Waals surface area contributed by atoms with E-state index < -0.39 is 18.0 Å². The maximum atomic E-state index is 12.1. The smallest absolute Gasteiger partial charge is 0.240 e. The molecule has 1 aromatic heterocycles. The maximum absolute atomic E-state index is 12.1. The summed E-state index contributed by atoms with van der Waals surface area (Å²) in [5.41, 5.74) is 13.2. The quantitative estimate of drug-likeness (QED) is 0.612. The average Bonchev–Trinajstić information content (AvgIpc) is 2.89. The molecule has 0 aliphatic carbocycles. The van der Waals surface area contributed by atoms with E-state index >= 15 is 0 Å². The highest BCUT2D eigenvalue weighted by Gasteiger charge is 2.23. The van der Waals surface area contributed by atoms with Crippen LogP contribution in [0.25, 0.3) is 10.9 Å². The number of primary amides is 1. The maximum Gasteiger partial charge on any atom is 0.240 e. The molecule has 1 aromatic carbocycles. The number of hydrogen-bond donors (Lipinski definition) is 4. The minimum atomic E-state index is -0.778. The molecular weight excluding hydrogens is 292 g/mol. The largest absolute Gasteiger partial charge is 0.368 e. The van der Waals surface area contributed by atoms with Gasteiger partial charge in [-0.05, 0) is 24.0 Å². The van der Waals surface area contributed by atoms with Gasteiger partial charge in [0.2, 0.25) is 11.8 Å². The molecule has 2 atom stereocenters. The van der Waals surface area contributed by atoms with Crippen LogP contribution in [0.5, 0.6) is 0 Å². The van der Waals surface area contributed by atoms with Gasteiger partial charge in [0.15, 0.2) is 0 Å². The fourth-order valence-electron chi connectivity index (χ4n) is 2.64. The molecule has 6 heteroatoms. The van der Waals surface area contributed by atoms with Gasteiger partial charge in [-0.25, -0.2) is 0 Å². The highest BCUT2D eigenvalue weighted by Crippen LogP contribution is 2.19. The first kappa shape index (κ1) is 17.0. The number of benzene rings is 1. The molecule has 23 heavy (non-hydrogen) atoms. The second kappa shape index (κ2) is 7.28. The van der Waals surface area contributed by atoms with E-state index in [1.807, 2.05) is 44.3 Å². The first-order valence-corrected chi connectivity index (χ1v) is 7.78. The first-order chi connectivity index (χ1) is 10.9. The number of hydrogen-bond acceptors (Lipinski definition) is 3. The van der Waals surface area contributed by atoms with Crippen molar-refractivity contribution in [2.24, 2.45) is 17.4 Å². The number of aromatic amines is 1. The molecule has 2 rings (SSSR count). The molecule has 0 aliphatic heterocycles. The number of para-hydroxylation sites is 1. The van der Waals surface area contributed by atoms with Gasteiger partial charge in [-0.15, -0.1) is 0 Å². The fourth-order valence-corrected chi connectivity index (χ4v) is 2.64. The van der Waals surface area contributed by atoms with E-state index in [9.17, 15) is 9.59 Å². The van der Waals surface area contributed by atoms with Gasteiger partial charge < -0.3 is 21.8 Å². The lowest BCUT2D eigenvalue weighted by atomic mass is 10.0. The van der Waals surface area contributed by atoms with Gasteiger partial charge in [-0.3, -0.25) is 9.59 Å². The molecule has 2 amide bonds. The Morgan fingerprint density at radius 1 is 1.26 bits per heavy atom. The molecule has 0 spiro atoms. The normalized spacial score (nSPS) is 13.9. The number of amides is 2. The van der Waals surface area contributed by atoms with Crippen LogP contribution in [0.3, 0.4) is 0 Å². The summed E-state index contributed by atoms with van der Waals surface area (Å²) in [6.45, 7) is 3.98. The Morgan fingerprint density at radius 3 is 2.61 bits per heavy atom. The predicted octanol–water partition coefficient (Wildman–Crippen LogP) is 1.05. The van der Waals surface area contributed by atoms with Crippen molar-refractivity contribution in [1.82, 2.24) is 10.3 Å². The number of aromatic nitrogens is 1. The number of H-pyrrole nitrogens is 1. The summed E-state index contributed by atoms with van der Waals surface area (Å²) >= 11 is 0. The molecule has 2 aromatic rings. The van der Waals surface area contributed by atoms with Crippen LogP contribution >= 0.6 is 0 Å². The number of fused-ring (bicyclic) bond motifs is 1. The summed E-state index contributed by atoms with van der Waals surface area (Å²) in [5.74, 6) is -0.612. The van der Waals surface area contributed by atoms with E-state index in [2.05, 4.69) is 10.3 Å². The summed E-state index contributed by atoms with van der Waals surface area (Å²) in [5, 5.41) is 3.69. The topological polar surface area (TPSA) is 114 Å². The first-order valence-electron chi connectivity index (χ1n) is 7.78. The molecule has 6 nitrogen and oxygen atoms in total. The zero-order valence-corrected chi connectivity index (χ0v) is 13.5. The Bertz CT molecular complexity index is 693. The van der Waals surface area contributed by atoms with Crippen molar-refractivity contribution in [3.63, 3.8) is 0 Å². The Balaban J connectivity index is 2.10. The highest BCUT2D eigenvalue weighted by atomic mass is 16.2. The van der Waals surface area contributed by atoms with Crippen LogP contribution in [0, 0.1) is 5.92 Å². The highest BCUT2D eigenvalue weighted by molar-refractivity contribution is 5.90. The molecule has 0 bridgehead atoms. The third kappa shape index (κ3) is 4.32. The summed E-state index contributed by atoms with van der Waals surface area (Å²) < 4.78 is 0. The monoisotopic (exact) mass is 316 g/mol. The Labute approximate surface area is 135 Å². The van der Waals surface area contributed by atoms with Crippen molar-refractivity contribution in [3.8, 4) is 0 Å². The van der Waals surface area contributed by atoms with E-state index in [-0.39, 0.29) is 5.91 Å². The van der Waals surface area contributed by atoms with Crippen molar-refractivity contribution in [1.29, 1.82) is 0 Å². The summed E-state index contributed by atoms with van der Waals surface area (Å²) in [6, 6.07) is 6.36. The van der Waals surface area contributed by atoms with Gasteiger partial charge in [0.1, 0.15) is 6.04 Å². The van der Waals surface area contributed by atoms with Crippen molar-refractivity contribution in [2.45, 2.75) is 38.8 Å². The number of rotatable bonds is 7. The lowest BCUT2D eigenvalue weighted by Gasteiger charge is -2.19. The summed E-state index contributed by atoms with van der Waals surface area (Å²) in [7, 11) is 0. The second-order valence-corrected chi connectivity index (χ2v) is 6.26. The van der Waals surface area contributed by atoms with Gasteiger partial charge in [0.05, 0.1) is 6.04 Å². The van der Waals surface area contributed by atoms with Crippen LogP contribution in [0.2, 0.25) is 0 Å².